The lowest BCUT2D eigenvalue weighted by Crippen LogP contribution is -2.44. The lowest BCUT2D eigenvalue weighted by molar-refractivity contribution is -0.164. The van der Waals surface area contributed by atoms with Crippen LogP contribution in [0.15, 0.2) is 0 Å². The highest BCUT2D eigenvalue weighted by molar-refractivity contribution is 4.92. The Morgan fingerprint density at radius 2 is 2.06 bits per heavy atom. The fourth-order valence-corrected chi connectivity index (χ4v) is 2.18. The zero-order chi connectivity index (χ0) is 12.4. The molecule has 1 heterocycles. The van der Waals surface area contributed by atoms with Crippen molar-refractivity contribution >= 4 is 0 Å². The van der Waals surface area contributed by atoms with Crippen LogP contribution in [0.5, 0.6) is 0 Å². The van der Waals surface area contributed by atoms with Gasteiger partial charge in [0.15, 0.2) is 5.92 Å². The van der Waals surface area contributed by atoms with E-state index in [1.54, 1.807) is 4.90 Å². The minimum Gasteiger partial charge on any atom is -0.301 e. The van der Waals surface area contributed by atoms with Crippen molar-refractivity contribution in [2.24, 2.45) is 11.3 Å². The highest BCUT2D eigenvalue weighted by atomic mass is 19.4. The average Bonchev–Trinajstić information content (AvgIpc) is 2.10. The first-order chi connectivity index (χ1) is 7.24. The number of hydrogen-bond acceptors (Lipinski definition) is 2. The van der Waals surface area contributed by atoms with Crippen molar-refractivity contribution in [2.45, 2.75) is 32.9 Å². The maximum absolute atomic E-state index is 12.4. The number of alkyl halides is 3. The van der Waals surface area contributed by atoms with E-state index in [0.717, 1.165) is 12.8 Å². The van der Waals surface area contributed by atoms with Gasteiger partial charge < -0.3 is 4.90 Å². The first-order valence-corrected chi connectivity index (χ1v) is 5.43. The number of piperidine rings is 1. The lowest BCUT2D eigenvalue weighted by atomic mass is 9.84. The second kappa shape index (κ2) is 4.62. The quantitative estimate of drug-likeness (QED) is 0.734. The van der Waals surface area contributed by atoms with Crippen molar-refractivity contribution in [1.29, 1.82) is 5.26 Å². The molecule has 0 aromatic heterocycles. The number of rotatable bonds is 2. The van der Waals surface area contributed by atoms with Crippen LogP contribution in [-0.2, 0) is 0 Å². The molecule has 0 N–H and O–H groups in total. The van der Waals surface area contributed by atoms with Crippen LogP contribution >= 0.6 is 0 Å². The van der Waals surface area contributed by atoms with Gasteiger partial charge in [-0.2, -0.15) is 18.4 Å². The summed E-state index contributed by atoms with van der Waals surface area (Å²) in [6.07, 6.45) is -2.47. The number of nitrogens with zero attached hydrogens (tertiary/aromatic N) is 2. The maximum Gasteiger partial charge on any atom is 0.405 e. The molecule has 0 radical (unpaired) electrons. The Bertz CT molecular complexity index is 278. The first-order valence-electron chi connectivity index (χ1n) is 5.43. The Hall–Kier alpha value is -0.760. The van der Waals surface area contributed by atoms with Crippen LogP contribution in [0.25, 0.3) is 0 Å². The van der Waals surface area contributed by atoms with E-state index in [2.05, 4.69) is 0 Å². The molecule has 0 saturated carbocycles. The minimum absolute atomic E-state index is 0.0594. The van der Waals surface area contributed by atoms with Gasteiger partial charge >= 0.3 is 6.18 Å². The summed E-state index contributed by atoms with van der Waals surface area (Å²) in [6.45, 7) is 5.21. The van der Waals surface area contributed by atoms with E-state index in [1.165, 1.54) is 6.07 Å². The molecule has 0 aromatic carbocycles. The molecular weight excluding hydrogens is 217 g/mol. The fourth-order valence-electron chi connectivity index (χ4n) is 2.18. The van der Waals surface area contributed by atoms with Crippen LogP contribution in [0.1, 0.15) is 26.7 Å². The second-order valence-electron chi connectivity index (χ2n) is 5.23. The summed E-state index contributed by atoms with van der Waals surface area (Å²) in [7, 11) is 0. The van der Waals surface area contributed by atoms with E-state index < -0.39 is 12.1 Å². The largest absolute Gasteiger partial charge is 0.405 e. The third-order valence-corrected chi connectivity index (χ3v) is 2.97. The smallest absolute Gasteiger partial charge is 0.301 e. The molecule has 16 heavy (non-hydrogen) atoms. The predicted octanol–water partition coefficient (Wildman–Crippen LogP) is 2.81. The summed E-state index contributed by atoms with van der Waals surface area (Å²) in [4.78, 5) is 1.75. The molecule has 5 heteroatoms. The van der Waals surface area contributed by atoms with E-state index >= 15 is 0 Å². The number of likely N-dealkylation sites (tertiary alicyclic amines) is 1. The standard InChI is InChI=1S/C11H17F3N2/c1-10(2)4-3-5-16(8-10)7-9(6-15)11(12,13)14/h9H,3-5,7-8H2,1-2H3. The van der Waals surface area contributed by atoms with Gasteiger partial charge in [-0.15, -0.1) is 0 Å². The Labute approximate surface area is 94.0 Å². The van der Waals surface area contributed by atoms with Crippen molar-refractivity contribution in [1.82, 2.24) is 4.90 Å². The van der Waals surface area contributed by atoms with Crippen molar-refractivity contribution < 1.29 is 13.2 Å². The normalized spacial score (nSPS) is 23.8. The van der Waals surface area contributed by atoms with Crippen LogP contribution in [0.4, 0.5) is 13.2 Å². The van der Waals surface area contributed by atoms with Crippen LogP contribution in [0, 0.1) is 22.7 Å². The van der Waals surface area contributed by atoms with Gasteiger partial charge in [0.25, 0.3) is 0 Å². The fraction of sp³-hybridized carbons (Fsp3) is 0.909. The van der Waals surface area contributed by atoms with Gasteiger partial charge in [0.1, 0.15) is 0 Å². The van der Waals surface area contributed by atoms with Gasteiger partial charge in [0.05, 0.1) is 6.07 Å². The first kappa shape index (κ1) is 13.3. The van der Waals surface area contributed by atoms with Crippen molar-refractivity contribution in [2.75, 3.05) is 19.6 Å². The van der Waals surface area contributed by atoms with Crippen molar-refractivity contribution in [3.8, 4) is 6.07 Å². The third-order valence-electron chi connectivity index (χ3n) is 2.97. The maximum atomic E-state index is 12.4. The van der Waals surface area contributed by atoms with Gasteiger partial charge in [-0.25, -0.2) is 0 Å². The second-order valence-corrected chi connectivity index (χ2v) is 5.23. The molecule has 1 fully saturated rings. The average molecular weight is 234 g/mol. The molecule has 0 aromatic rings. The number of halogens is 3. The monoisotopic (exact) mass is 234 g/mol. The van der Waals surface area contributed by atoms with Crippen LogP contribution in [0.2, 0.25) is 0 Å². The highest BCUT2D eigenvalue weighted by Gasteiger charge is 2.41. The molecule has 1 aliphatic rings. The van der Waals surface area contributed by atoms with Crippen LogP contribution < -0.4 is 0 Å². The van der Waals surface area contributed by atoms with Gasteiger partial charge in [-0.3, -0.25) is 0 Å². The van der Waals surface area contributed by atoms with Gasteiger partial charge in [-0.1, -0.05) is 13.8 Å². The molecule has 1 unspecified atom stereocenters. The molecule has 0 amide bonds. The number of hydrogen-bond donors (Lipinski definition) is 0. The van der Waals surface area contributed by atoms with Gasteiger partial charge in [0, 0.05) is 13.1 Å². The summed E-state index contributed by atoms with van der Waals surface area (Å²) >= 11 is 0. The molecular formula is C11H17F3N2. The summed E-state index contributed by atoms with van der Waals surface area (Å²) < 4.78 is 37.3. The van der Waals surface area contributed by atoms with Crippen molar-refractivity contribution in [3.05, 3.63) is 0 Å². The number of nitriles is 1. The predicted molar refractivity (Wildman–Crippen MR) is 54.6 cm³/mol. The highest BCUT2D eigenvalue weighted by Crippen LogP contribution is 2.31. The zero-order valence-electron chi connectivity index (χ0n) is 9.64. The van der Waals surface area contributed by atoms with E-state index in [4.69, 9.17) is 5.26 Å². The molecule has 1 aliphatic heterocycles. The summed E-state index contributed by atoms with van der Waals surface area (Å²) in [5.41, 5.74) is 0.0594. The summed E-state index contributed by atoms with van der Waals surface area (Å²) in [5.74, 6) is -1.86. The SMILES string of the molecule is CC1(C)CCCN(CC(C#N)C(F)(F)F)C1. The Kier molecular flexibility index (Phi) is 3.84. The third kappa shape index (κ3) is 3.67. The van der Waals surface area contributed by atoms with E-state index in [-0.39, 0.29) is 12.0 Å². The molecule has 0 bridgehead atoms. The molecule has 1 atom stereocenters. The molecule has 1 rings (SSSR count). The van der Waals surface area contributed by atoms with Crippen LogP contribution in [-0.4, -0.2) is 30.7 Å². The molecule has 1 saturated heterocycles. The summed E-state index contributed by atoms with van der Waals surface area (Å²) in [5, 5.41) is 8.53. The van der Waals surface area contributed by atoms with E-state index in [0.29, 0.717) is 13.1 Å². The van der Waals surface area contributed by atoms with Crippen LogP contribution in [0.3, 0.4) is 0 Å². The summed E-state index contributed by atoms with van der Waals surface area (Å²) in [6, 6.07) is 1.35. The minimum atomic E-state index is -4.41. The molecule has 92 valence electrons. The molecule has 2 nitrogen and oxygen atoms in total. The molecule has 0 spiro atoms. The van der Waals surface area contributed by atoms with Crippen molar-refractivity contribution in [3.63, 3.8) is 0 Å². The Morgan fingerprint density at radius 3 is 2.50 bits per heavy atom. The Morgan fingerprint density at radius 1 is 1.44 bits per heavy atom. The van der Waals surface area contributed by atoms with E-state index in [9.17, 15) is 13.2 Å². The zero-order valence-corrected chi connectivity index (χ0v) is 9.64. The lowest BCUT2D eigenvalue weighted by Gasteiger charge is -2.38. The topological polar surface area (TPSA) is 27.0 Å². The van der Waals surface area contributed by atoms with Gasteiger partial charge in [0.2, 0.25) is 0 Å². The molecule has 0 aliphatic carbocycles. The van der Waals surface area contributed by atoms with Gasteiger partial charge in [-0.05, 0) is 24.8 Å². The Balaban J connectivity index is 2.57. The van der Waals surface area contributed by atoms with E-state index in [1.807, 2.05) is 13.8 Å².